The molecule has 0 aromatic carbocycles. The first-order valence-electron chi connectivity index (χ1n) is 6.69. The number of hydrogen-bond acceptors (Lipinski definition) is 5. The van der Waals surface area contributed by atoms with Gasteiger partial charge in [0.1, 0.15) is 12.2 Å². The van der Waals surface area contributed by atoms with Crippen LogP contribution in [-0.2, 0) is 4.74 Å². The quantitative estimate of drug-likeness (QED) is 0.821. The van der Waals surface area contributed by atoms with Gasteiger partial charge in [-0.15, -0.1) is 0 Å². The van der Waals surface area contributed by atoms with Gasteiger partial charge in [-0.25, -0.2) is 9.78 Å². The number of ether oxygens (including phenoxy) is 2. The molecule has 0 spiro atoms. The molecule has 5 nitrogen and oxygen atoms in total. The van der Waals surface area contributed by atoms with Gasteiger partial charge in [-0.1, -0.05) is 0 Å². The van der Waals surface area contributed by atoms with E-state index in [-0.39, 0.29) is 6.10 Å². The highest BCUT2D eigenvalue weighted by Crippen LogP contribution is 2.17. The minimum absolute atomic E-state index is 0.156. The highest BCUT2D eigenvalue weighted by atomic mass is 16.5. The van der Waals surface area contributed by atoms with Gasteiger partial charge in [0.05, 0.1) is 6.10 Å². The Balaban J connectivity index is 2.00. The molecule has 19 heavy (non-hydrogen) atoms. The van der Waals surface area contributed by atoms with Crippen LogP contribution in [-0.4, -0.2) is 36.3 Å². The van der Waals surface area contributed by atoms with Crippen LogP contribution in [0.3, 0.4) is 0 Å². The largest absolute Gasteiger partial charge is 0.475 e. The van der Waals surface area contributed by atoms with Gasteiger partial charge >= 0.3 is 5.97 Å². The van der Waals surface area contributed by atoms with Crippen molar-refractivity contribution < 1.29 is 14.3 Å². The van der Waals surface area contributed by atoms with Crippen molar-refractivity contribution in [3.63, 3.8) is 0 Å². The zero-order valence-electron chi connectivity index (χ0n) is 11.4. The Labute approximate surface area is 113 Å². The molecule has 1 atom stereocenters. The molecule has 5 heteroatoms. The van der Waals surface area contributed by atoms with Crippen LogP contribution in [0.1, 0.15) is 37.0 Å². The van der Waals surface area contributed by atoms with Crippen LogP contribution >= 0.6 is 0 Å². The molecular weight excluding hydrogens is 244 g/mol. The Kier molecular flexibility index (Phi) is 4.74. The van der Waals surface area contributed by atoms with Gasteiger partial charge in [0, 0.05) is 12.2 Å². The fraction of sp³-hybridized carbons (Fsp3) is 0.571. The normalized spacial score (nSPS) is 18.6. The second-order valence-electron chi connectivity index (χ2n) is 4.91. The van der Waals surface area contributed by atoms with Gasteiger partial charge in [-0.05, 0) is 45.4 Å². The van der Waals surface area contributed by atoms with Crippen molar-refractivity contribution in [1.82, 2.24) is 10.3 Å². The van der Waals surface area contributed by atoms with Gasteiger partial charge in [-0.2, -0.15) is 0 Å². The predicted octanol–water partition coefficient (Wildman–Crippen LogP) is 1.78. The van der Waals surface area contributed by atoms with Crippen LogP contribution in [0.2, 0.25) is 0 Å². The van der Waals surface area contributed by atoms with Gasteiger partial charge < -0.3 is 14.8 Å². The molecule has 0 unspecified atom stereocenters. The van der Waals surface area contributed by atoms with Gasteiger partial charge in [-0.3, -0.25) is 0 Å². The molecule has 1 saturated heterocycles. The summed E-state index contributed by atoms with van der Waals surface area (Å²) >= 11 is 0. The van der Waals surface area contributed by atoms with Crippen LogP contribution in [0.5, 0.6) is 5.88 Å². The lowest BCUT2D eigenvalue weighted by Crippen LogP contribution is -2.28. The second kappa shape index (κ2) is 6.52. The minimum atomic E-state index is -0.391. The van der Waals surface area contributed by atoms with Crippen LogP contribution in [0.4, 0.5) is 0 Å². The smallest absolute Gasteiger partial charge is 0.343 e. The maximum absolute atomic E-state index is 11.9. The van der Waals surface area contributed by atoms with E-state index in [0.717, 1.165) is 13.0 Å². The molecule has 1 aromatic rings. The monoisotopic (exact) mass is 264 g/mol. The van der Waals surface area contributed by atoms with E-state index >= 15 is 0 Å². The first-order valence-corrected chi connectivity index (χ1v) is 6.69. The number of carbonyl (C=O) groups is 1. The van der Waals surface area contributed by atoms with Gasteiger partial charge in [0.25, 0.3) is 0 Å². The topological polar surface area (TPSA) is 60.5 Å². The molecule has 104 valence electrons. The highest BCUT2D eigenvalue weighted by Gasteiger charge is 2.19. The SMILES string of the molecule is CC(C)OC(=O)c1cccnc1OC[C@@H]1CCCN1. The van der Waals surface area contributed by atoms with E-state index in [9.17, 15) is 4.79 Å². The van der Waals surface area contributed by atoms with Crippen molar-refractivity contribution in [2.24, 2.45) is 0 Å². The number of carbonyl (C=O) groups excluding carboxylic acids is 1. The Morgan fingerprint density at radius 3 is 3.11 bits per heavy atom. The third-order valence-corrected chi connectivity index (χ3v) is 2.92. The molecule has 0 amide bonds. The molecular formula is C14H20N2O3. The molecule has 2 rings (SSSR count). The summed E-state index contributed by atoms with van der Waals surface area (Å²) in [6.45, 7) is 5.19. The molecule has 0 bridgehead atoms. The van der Waals surface area contributed by atoms with E-state index in [1.165, 1.54) is 6.42 Å². The summed E-state index contributed by atoms with van der Waals surface area (Å²) in [5.74, 6) is -0.0423. The maximum atomic E-state index is 11.9. The maximum Gasteiger partial charge on any atom is 0.343 e. The summed E-state index contributed by atoms with van der Waals surface area (Å²) in [5, 5.41) is 3.34. The van der Waals surface area contributed by atoms with E-state index < -0.39 is 5.97 Å². The number of hydrogen-bond donors (Lipinski definition) is 1. The van der Waals surface area contributed by atoms with Crippen molar-refractivity contribution in [1.29, 1.82) is 0 Å². The summed E-state index contributed by atoms with van der Waals surface area (Å²) in [6, 6.07) is 3.73. The molecule has 1 aliphatic rings. The van der Waals surface area contributed by atoms with Crippen molar-refractivity contribution in [3.05, 3.63) is 23.9 Å². The summed E-state index contributed by atoms with van der Waals surface area (Å²) < 4.78 is 10.8. The number of aromatic nitrogens is 1. The standard InChI is InChI=1S/C14H20N2O3/c1-10(2)19-14(17)12-6-4-8-16-13(12)18-9-11-5-3-7-15-11/h4,6,8,10-11,15H,3,5,7,9H2,1-2H3/t11-/m0/s1. The molecule has 1 N–H and O–H groups in total. The first kappa shape index (κ1) is 13.8. The fourth-order valence-electron chi connectivity index (χ4n) is 2.02. The van der Waals surface area contributed by atoms with Crippen LogP contribution < -0.4 is 10.1 Å². The average molecular weight is 264 g/mol. The Hall–Kier alpha value is -1.62. The molecule has 0 aliphatic carbocycles. The van der Waals surface area contributed by atoms with Crippen LogP contribution in [0.15, 0.2) is 18.3 Å². The highest BCUT2D eigenvalue weighted by molar-refractivity contribution is 5.91. The van der Waals surface area contributed by atoms with Gasteiger partial charge in [0.15, 0.2) is 0 Å². The zero-order valence-corrected chi connectivity index (χ0v) is 11.4. The number of nitrogens with zero attached hydrogens (tertiary/aromatic N) is 1. The Morgan fingerprint density at radius 1 is 1.58 bits per heavy atom. The third-order valence-electron chi connectivity index (χ3n) is 2.92. The number of rotatable bonds is 5. The van der Waals surface area contributed by atoms with Crippen molar-refractivity contribution >= 4 is 5.97 Å². The Morgan fingerprint density at radius 2 is 2.42 bits per heavy atom. The molecule has 1 aromatic heterocycles. The zero-order chi connectivity index (χ0) is 13.7. The van der Waals surface area contributed by atoms with E-state index in [1.807, 2.05) is 13.8 Å². The van der Waals surface area contributed by atoms with Crippen LogP contribution in [0.25, 0.3) is 0 Å². The van der Waals surface area contributed by atoms with E-state index in [2.05, 4.69) is 10.3 Å². The first-order chi connectivity index (χ1) is 9.16. The van der Waals surface area contributed by atoms with E-state index in [0.29, 0.717) is 24.1 Å². The molecule has 0 saturated carbocycles. The third kappa shape index (κ3) is 3.92. The summed E-state index contributed by atoms with van der Waals surface area (Å²) in [7, 11) is 0. The predicted molar refractivity (Wildman–Crippen MR) is 71.3 cm³/mol. The number of pyridine rings is 1. The molecule has 1 fully saturated rings. The minimum Gasteiger partial charge on any atom is -0.475 e. The van der Waals surface area contributed by atoms with Crippen molar-refractivity contribution in [3.8, 4) is 5.88 Å². The number of nitrogens with one attached hydrogen (secondary N) is 1. The van der Waals surface area contributed by atoms with Crippen molar-refractivity contribution in [2.75, 3.05) is 13.2 Å². The summed E-state index contributed by atoms with van der Waals surface area (Å²) in [4.78, 5) is 16.0. The average Bonchev–Trinajstić information content (AvgIpc) is 2.89. The summed E-state index contributed by atoms with van der Waals surface area (Å²) in [5.41, 5.74) is 0.384. The number of esters is 1. The lowest BCUT2D eigenvalue weighted by atomic mass is 10.2. The lowest BCUT2D eigenvalue weighted by molar-refractivity contribution is 0.0372. The molecule has 1 aliphatic heterocycles. The van der Waals surface area contributed by atoms with Crippen molar-refractivity contribution in [2.45, 2.75) is 38.8 Å². The fourth-order valence-corrected chi connectivity index (χ4v) is 2.02. The Bertz CT molecular complexity index is 428. The lowest BCUT2D eigenvalue weighted by Gasteiger charge is -2.14. The molecule has 2 heterocycles. The second-order valence-corrected chi connectivity index (χ2v) is 4.91. The van der Waals surface area contributed by atoms with E-state index in [4.69, 9.17) is 9.47 Å². The molecule has 0 radical (unpaired) electrons. The van der Waals surface area contributed by atoms with E-state index in [1.54, 1.807) is 18.3 Å². The summed E-state index contributed by atoms with van der Waals surface area (Å²) in [6.07, 6.45) is 3.72. The van der Waals surface area contributed by atoms with Crippen LogP contribution in [0, 0.1) is 0 Å². The van der Waals surface area contributed by atoms with Gasteiger partial charge in [0.2, 0.25) is 5.88 Å².